The first-order chi connectivity index (χ1) is 10.5. The van der Waals surface area contributed by atoms with E-state index in [1.807, 2.05) is 32.9 Å². The molecule has 2 N–H and O–H groups in total. The van der Waals surface area contributed by atoms with E-state index < -0.39 is 6.10 Å². The number of nitrogens with one attached hydrogen (secondary N) is 1. The maximum Gasteiger partial charge on any atom is 0.158 e. The van der Waals surface area contributed by atoms with Crippen LogP contribution < -0.4 is 5.32 Å². The number of rotatable bonds is 4. The Bertz CT molecular complexity index is 819. The average molecular weight is 301 g/mol. The van der Waals surface area contributed by atoms with Gasteiger partial charge in [-0.1, -0.05) is 5.16 Å². The highest BCUT2D eigenvalue weighted by molar-refractivity contribution is 5.64. The second kappa shape index (κ2) is 5.42. The summed E-state index contributed by atoms with van der Waals surface area (Å²) in [6, 6.07) is 3.71. The minimum Gasteiger partial charge on any atom is -0.392 e. The molecule has 3 aromatic heterocycles. The zero-order valence-electron chi connectivity index (χ0n) is 13.1. The lowest BCUT2D eigenvalue weighted by molar-refractivity contribution is 0.208. The highest BCUT2D eigenvalue weighted by atomic mass is 16.5. The van der Waals surface area contributed by atoms with Crippen LogP contribution in [0, 0.1) is 20.8 Å². The first-order valence-electron chi connectivity index (χ1n) is 7.18. The van der Waals surface area contributed by atoms with E-state index in [2.05, 4.69) is 20.6 Å². The molecule has 0 spiro atoms. The molecule has 22 heavy (non-hydrogen) atoms. The van der Waals surface area contributed by atoms with Gasteiger partial charge in [0.25, 0.3) is 0 Å². The Hall–Kier alpha value is -2.41. The van der Waals surface area contributed by atoms with Gasteiger partial charge in [0.1, 0.15) is 23.0 Å². The van der Waals surface area contributed by atoms with Crippen LogP contribution in [0.25, 0.3) is 17.0 Å². The minimum absolute atomic E-state index is 0.442. The van der Waals surface area contributed by atoms with Crippen LogP contribution >= 0.6 is 0 Å². The molecule has 0 aliphatic rings. The van der Waals surface area contributed by atoms with Gasteiger partial charge in [0.2, 0.25) is 0 Å². The molecule has 3 aromatic rings. The quantitative estimate of drug-likeness (QED) is 0.767. The fourth-order valence-corrected chi connectivity index (χ4v) is 2.27. The lowest BCUT2D eigenvalue weighted by Crippen LogP contribution is -2.18. The molecule has 7 heteroatoms. The van der Waals surface area contributed by atoms with Gasteiger partial charge in [-0.05, 0) is 27.7 Å². The van der Waals surface area contributed by atoms with Gasteiger partial charge in [0.05, 0.1) is 6.10 Å². The summed E-state index contributed by atoms with van der Waals surface area (Å²) in [4.78, 5) is 4.56. The van der Waals surface area contributed by atoms with Crippen molar-refractivity contribution < 1.29 is 9.63 Å². The predicted molar refractivity (Wildman–Crippen MR) is 82.9 cm³/mol. The van der Waals surface area contributed by atoms with Crippen LogP contribution in [0.15, 0.2) is 16.7 Å². The molecule has 0 bridgehead atoms. The summed E-state index contributed by atoms with van der Waals surface area (Å²) in [6.45, 7) is 7.95. The van der Waals surface area contributed by atoms with Crippen molar-refractivity contribution in [1.82, 2.24) is 19.8 Å². The summed E-state index contributed by atoms with van der Waals surface area (Å²) >= 11 is 0. The van der Waals surface area contributed by atoms with Crippen LogP contribution in [-0.2, 0) is 0 Å². The molecule has 3 heterocycles. The second-order valence-electron chi connectivity index (χ2n) is 5.52. The van der Waals surface area contributed by atoms with Gasteiger partial charge < -0.3 is 14.9 Å². The largest absolute Gasteiger partial charge is 0.392 e. The number of nitrogens with zero attached hydrogens (tertiary/aromatic N) is 4. The van der Waals surface area contributed by atoms with Crippen molar-refractivity contribution in [1.29, 1.82) is 0 Å². The van der Waals surface area contributed by atoms with Crippen molar-refractivity contribution in [3.8, 4) is 11.4 Å². The summed E-state index contributed by atoms with van der Waals surface area (Å²) in [6.07, 6.45) is -0.448. The smallest absolute Gasteiger partial charge is 0.158 e. The number of hydrogen-bond acceptors (Lipinski definition) is 6. The molecule has 0 fully saturated rings. The van der Waals surface area contributed by atoms with E-state index in [1.165, 1.54) is 0 Å². The van der Waals surface area contributed by atoms with Gasteiger partial charge in [-0.25, -0.2) is 4.98 Å². The fourth-order valence-electron chi connectivity index (χ4n) is 2.27. The zero-order chi connectivity index (χ0) is 15.9. The Labute approximate surface area is 128 Å². The number of aromatic nitrogens is 4. The molecule has 0 saturated carbocycles. The molecular weight excluding hydrogens is 282 g/mol. The van der Waals surface area contributed by atoms with Crippen LogP contribution in [0.2, 0.25) is 0 Å². The summed E-state index contributed by atoms with van der Waals surface area (Å²) in [5.41, 5.74) is 4.03. The van der Waals surface area contributed by atoms with Crippen molar-refractivity contribution in [3.63, 3.8) is 0 Å². The molecule has 1 atom stereocenters. The van der Waals surface area contributed by atoms with Crippen LogP contribution in [-0.4, -0.2) is 37.5 Å². The number of aliphatic hydroxyl groups is 1. The maximum absolute atomic E-state index is 9.50. The highest BCUT2D eigenvalue weighted by Crippen LogP contribution is 2.24. The van der Waals surface area contributed by atoms with Gasteiger partial charge in [0.15, 0.2) is 5.65 Å². The second-order valence-corrected chi connectivity index (χ2v) is 5.52. The molecule has 0 radical (unpaired) electrons. The first-order valence-corrected chi connectivity index (χ1v) is 7.18. The highest BCUT2D eigenvalue weighted by Gasteiger charge is 2.15. The monoisotopic (exact) mass is 301 g/mol. The van der Waals surface area contributed by atoms with E-state index in [-0.39, 0.29) is 0 Å². The van der Waals surface area contributed by atoms with Crippen LogP contribution in [0.4, 0.5) is 5.82 Å². The van der Waals surface area contributed by atoms with Crippen molar-refractivity contribution in [2.45, 2.75) is 33.8 Å². The van der Waals surface area contributed by atoms with Crippen molar-refractivity contribution in [3.05, 3.63) is 29.2 Å². The van der Waals surface area contributed by atoms with Gasteiger partial charge >= 0.3 is 0 Å². The summed E-state index contributed by atoms with van der Waals surface area (Å²) in [5, 5.41) is 21.3. The Balaban J connectivity index is 2.12. The van der Waals surface area contributed by atoms with Gasteiger partial charge in [0, 0.05) is 29.9 Å². The molecule has 0 aliphatic heterocycles. The zero-order valence-corrected chi connectivity index (χ0v) is 13.1. The Kier molecular flexibility index (Phi) is 3.58. The fraction of sp³-hybridized carbons (Fsp3) is 0.400. The van der Waals surface area contributed by atoms with Gasteiger partial charge in [-0.2, -0.15) is 9.61 Å². The van der Waals surface area contributed by atoms with E-state index in [4.69, 9.17) is 4.52 Å². The Morgan fingerprint density at radius 1 is 1.27 bits per heavy atom. The number of hydrogen-bond donors (Lipinski definition) is 2. The SMILES string of the molecule is Cc1cc(-c2cc3nc(C)c(C)c(NC[C@@H](C)O)n3n2)no1. The molecule has 3 rings (SSSR count). The lowest BCUT2D eigenvalue weighted by atomic mass is 10.2. The number of aliphatic hydroxyl groups excluding tert-OH is 1. The number of fused-ring (bicyclic) bond motifs is 1. The van der Waals surface area contributed by atoms with Gasteiger partial charge in [-0.3, -0.25) is 0 Å². The lowest BCUT2D eigenvalue weighted by Gasteiger charge is -2.14. The third kappa shape index (κ3) is 2.55. The molecular formula is C15H19N5O2. The summed E-state index contributed by atoms with van der Waals surface area (Å²) in [5.74, 6) is 1.56. The Morgan fingerprint density at radius 2 is 2.05 bits per heavy atom. The molecule has 0 aromatic carbocycles. The van der Waals surface area contributed by atoms with E-state index >= 15 is 0 Å². The van der Waals surface area contributed by atoms with E-state index in [0.717, 1.165) is 28.5 Å². The number of aryl methyl sites for hydroxylation is 2. The third-order valence-electron chi connectivity index (χ3n) is 3.54. The minimum atomic E-state index is -0.448. The van der Waals surface area contributed by atoms with Crippen molar-refractivity contribution in [2.75, 3.05) is 11.9 Å². The first kappa shape index (κ1) is 14.5. The topological polar surface area (TPSA) is 88.5 Å². The van der Waals surface area contributed by atoms with Crippen LogP contribution in [0.3, 0.4) is 0 Å². The molecule has 116 valence electrons. The van der Waals surface area contributed by atoms with Crippen LogP contribution in [0.1, 0.15) is 23.9 Å². The molecule has 0 saturated heterocycles. The van der Waals surface area contributed by atoms with E-state index in [0.29, 0.717) is 17.9 Å². The Morgan fingerprint density at radius 3 is 2.68 bits per heavy atom. The molecule has 0 unspecified atom stereocenters. The molecule has 0 aliphatic carbocycles. The standard InChI is InChI=1S/C15H19N5O2/c1-8(21)7-16-15-10(3)11(4)17-14-6-12(18-20(14)15)13-5-9(2)22-19-13/h5-6,8,16,21H,7H2,1-4H3/t8-/m1/s1. The van der Waals surface area contributed by atoms with E-state index in [1.54, 1.807) is 11.4 Å². The van der Waals surface area contributed by atoms with Gasteiger partial charge in [-0.15, -0.1) is 0 Å². The third-order valence-corrected chi connectivity index (χ3v) is 3.54. The maximum atomic E-state index is 9.50. The van der Waals surface area contributed by atoms with Crippen molar-refractivity contribution in [2.24, 2.45) is 0 Å². The van der Waals surface area contributed by atoms with E-state index in [9.17, 15) is 5.11 Å². The summed E-state index contributed by atoms with van der Waals surface area (Å²) in [7, 11) is 0. The number of anilines is 1. The predicted octanol–water partition coefficient (Wildman–Crippen LogP) is 2.10. The molecule has 7 nitrogen and oxygen atoms in total. The van der Waals surface area contributed by atoms with Crippen LogP contribution in [0.5, 0.6) is 0 Å². The summed E-state index contributed by atoms with van der Waals surface area (Å²) < 4.78 is 6.84. The normalized spacial score (nSPS) is 12.8. The average Bonchev–Trinajstić information content (AvgIpc) is 3.05. The van der Waals surface area contributed by atoms with Crippen molar-refractivity contribution >= 4 is 11.5 Å². The molecule has 0 amide bonds.